The van der Waals surface area contributed by atoms with Crippen LogP contribution in [0.5, 0.6) is 0 Å². The van der Waals surface area contributed by atoms with Gasteiger partial charge in [-0.05, 0) is 24.3 Å². The zero-order valence-corrected chi connectivity index (χ0v) is 10.3. The lowest BCUT2D eigenvalue weighted by Crippen LogP contribution is -2.57. The molecule has 1 aliphatic rings. The first-order valence-corrected chi connectivity index (χ1v) is 6.08. The molecule has 1 aromatic heterocycles. The lowest BCUT2D eigenvalue weighted by atomic mass is 10.1. The Hall–Kier alpha value is -1.94. The molecule has 3 rings (SSSR count). The summed E-state index contributed by atoms with van der Waals surface area (Å²) in [5.74, 6) is 0.0762. The van der Waals surface area contributed by atoms with Crippen LogP contribution in [0.1, 0.15) is 10.4 Å². The second kappa shape index (κ2) is 4.38. The molecular formula is C14H15N3O. The Bertz CT molecular complexity index is 592. The number of hydrogen-bond donors (Lipinski definition) is 1. The molecule has 2 heterocycles. The minimum atomic E-state index is 0.0762. The maximum Gasteiger partial charge on any atom is 0.253 e. The highest BCUT2D eigenvalue weighted by Crippen LogP contribution is 2.16. The lowest BCUT2D eigenvalue weighted by molar-refractivity contribution is 0.0681. The predicted octanol–water partition coefficient (Wildman–Crippen LogP) is 1.28. The van der Waals surface area contributed by atoms with Crippen molar-refractivity contribution in [2.45, 2.75) is 6.04 Å². The van der Waals surface area contributed by atoms with Crippen molar-refractivity contribution in [2.24, 2.45) is 0 Å². The average Bonchev–Trinajstić information content (AvgIpc) is 2.35. The van der Waals surface area contributed by atoms with Gasteiger partial charge in [-0.15, -0.1) is 0 Å². The van der Waals surface area contributed by atoms with Crippen molar-refractivity contribution < 1.29 is 4.79 Å². The molecule has 4 nitrogen and oxygen atoms in total. The summed E-state index contributed by atoms with van der Waals surface area (Å²) in [7, 11) is 1.86. The minimum absolute atomic E-state index is 0.0762. The van der Waals surface area contributed by atoms with Crippen molar-refractivity contribution in [3.8, 4) is 0 Å². The van der Waals surface area contributed by atoms with Gasteiger partial charge in [0.05, 0.1) is 11.6 Å². The summed E-state index contributed by atoms with van der Waals surface area (Å²) in [5.41, 5.74) is 1.65. The number of aromatic nitrogens is 1. The zero-order chi connectivity index (χ0) is 12.5. The van der Waals surface area contributed by atoms with Gasteiger partial charge in [0.1, 0.15) is 0 Å². The first-order chi connectivity index (χ1) is 8.75. The first-order valence-electron chi connectivity index (χ1n) is 6.08. The fourth-order valence-corrected chi connectivity index (χ4v) is 2.13. The van der Waals surface area contributed by atoms with E-state index in [4.69, 9.17) is 0 Å². The number of nitrogens with zero attached hydrogens (tertiary/aromatic N) is 2. The molecule has 0 spiro atoms. The molecule has 1 N–H and O–H groups in total. The topological polar surface area (TPSA) is 45.2 Å². The number of benzene rings is 1. The maximum absolute atomic E-state index is 12.3. The monoisotopic (exact) mass is 241 g/mol. The summed E-state index contributed by atoms with van der Waals surface area (Å²) in [6.45, 7) is 1.77. The molecule has 0 saturated carbocycles. The summed E-state index contributed by atoms with van der Waals surface area (Å²) >= 11 is 0. The van der Waals surface area contributed by atoms with Crippen LogP contribution < -0.4 is 5.32 Å². The van der Waals surface area contributed by atoms with Crippen molar-refractivity contribution in [3.05, 3.63) is 42.1 Å². The molecule has 4 heteroatoms. The molecule has 92 valence electrons. The Labute approximate surface area is 106 Å². The van der Waals surface area contributed by atoms with Crippen molar-refractivity contribution in [2.75, 3.05) is 20.1 Å². The largest absolute Gasteiger partial charge is 0.336 e. The standard InChI is InChI=1S/C14H15N3O/c1-17(12-8-15-9-12)14(18)11-4-5-13-10(7-11)3-2-6-16-13/h2-7,12,15H,8-9H2,1H3. The van der Waals surface area contributed by atoms with Crippen LogP contribution in [0.15, 0.2) is 36.5 Å². The van der Waals surface area contributed by atoms with Gasteiger partial charge >= 0.3 is 0 Å². The van der Waals surface area contributed by atoms with Crippen LogP contribution in [0.3, 0.4) is 0 Å². The van der Waals surface area contributed by atoms with E-state index in [1.54, 1.807) is 6.20 Å². The molecule has 1 amide bonds. The molecule has 1 aromatic carbocycles. The average molecular weight is 241 g/mol. The fourth-order valence-electron chi connectivity index (χ4n) is 2.13. The maximum atomic E-state index is 12.3. The molecule has 2 aromatic rings. The Balaban J connectivity index is 1.91. The number of amides is 1. The van der Waals surface area contributed by atoms with Gasteiger partial charge in [0.2, 0.25) is 0 Å². The molecular weight excluding hydrogens is 226 g/mol. The van der Waals surface area contributed by atoms with E-state index in [1.807, 2.05) is 42.3 Å². The van der Waals surface area contributed by atoms with Crippen LogP contribution in [-0.4, -0.2) is 42.0 Å². The SMILES string of the molecule is CN(C(=O)c1ccc2ncccc2c1)C1CNC1. The number of hydrogen-bond acceptors (Lipinski definition) is 3. The highest BCUT2D eigenvalue weighted by Gasteiger charge is 2.25. The molecule has 0 unspecified atom stereocenters. The number of fused-ring (bicyclic) bond motifs is 1. The summed E-state index contributed by atoms with van der Waals surface area (Å²) in [4.78, 5) is 18.4. The Morgan fingerprint density at radius 2 is 2.22 bits per heavy atom. The van der Waals surface area contributed by atoms with Crippen LogP contribution in [0.4, 0.5) is 0 Å². The van der Waals surface area contributed by atoms with E-state index in [0.717, 1.165) is 29.6 Å². The predicted molar refractivity (Wildman–Crippen MR) is 70.5 cm³/mol. The Morgan fingerprint density at radius 1 is 1.39 bits per heavy atom. The van der Waals surface area contributed by atoms with Crippen LogP contribution in [0.2, 0.25) is 0 Å². The molecule has 0 radical (unpaired) electrons. The van der Waals surface area contributed by atoms with Gasteiger partial charge in [-0.25, -0.2) is 0 Å². The van der Waals surface area contributed by atoms with E-state index >= 15 is 0 Å². The van der Waals surface area contributed by atoms with Gasteiger partial charge in [0.15, 0.2) is 0 Å². The second-order valence-corrected chi connectivity index (χ2v) is 4.64. The summed E-state index contributed by atoms with van der Waals surface area (Å²) < 4.78 is 0. The number of pyridine rings is 1. The number of carbonyl (C=O) groups excluding carboxylic acids is 1. The van der Waals surface area contributed by atoms with Crippen molar-refractivity contribution in [1.29, 1.82) is 0 Å². The van der Waals surface area contributed by atoms with Gasteiger partial charge < -0.3 is 10.2 Å². The fraction of sp³-hybridized carbons (Fsp3) is 0.286. The normalized spacial score (nSPS) is 15.4. The van der Waals surface area contributed by atoms with Crippen molar-refractivity contribution in [1.82, 2.24) is 15.2 Å². The number of carbonyl (C=O) groups is 1. The van der Waals surface area contributed by atoms with Gasteiger partial charge in [-0.1, -0.05) is 6.07 Å². The van der Waals surface area contributed by atoms with Gasteiger partial charge in [-0.3, -0.25) is 9.78 Å². The number of likely N-dealkylation sites (N-methyl/N-ethyl adjacent to an activating group) is 1. The molecule has 1 aliphatic heterocycles. The summed E-state index contributed by atoms with van der Waals surface area (Å²) in [5, 5.41) is 4.18. The van der Waals surface area contributed by atoms with E-state index in [2.05, 4.69) is 10.3 Å². The smallest absolute Gasteiger partial charge is 0.253 e. The Kier molecular flexibility index (Phi) is 2.72. The molecule has 0 aliphatic carbocycles. The molecule has 18 heavy (non-hydrogen) atoms. The highest BCUT2D eigenvalue weighted by atomic mass is 16.2. The molecule has 1 fully saturated rings. The van der Waals surface area contributed by atoms with E-state index in [9.17, 15) is 4.79 Å². The van der Waals surface area contributed by atoms with Crippen molar-refractivity contribution in [3.63, 3.8) is 0 Å². The van der Waals surface area contributed by atoms with E-state index in [1.165, 1.54) is 0 Å². The third kappa shape index (κ3) is 1.84. The van der Waals surface area contributed by atoms with E-state index in [0.29, 0.717) is 6.04 Å². The van der Waals surface area contributed by atoms with Crippen LogP contribution >= 0.6 is 0 Å². The number of nitrogens with one attached hydrogen (secondary N) is 1. The van der Waals surface area contributed by atoms with Crippen LogP contribution in [-0.2, 0) is 0 Å². The van der Waals surface area contributed by atoms with Crippen LogP contribution in [0.25, 0.3) is 10.9 Å². The van der Waals surface area contributed by atoms with Crippen LogP contribution in [0, 0.1) is 0 Å². The summed E-state index contributed by atoms with van der Waals surface area (Å²) in [6.07, 6.45) is 1.76. The third-order valence-electron chi connectivity index (χ3n) is 3.48. The minimum Gasteiger partial charge on any atom is -0.336 e. The quantitative estimate of drug-likeness (QED) is 0.861. The molecule has 0 bridgehead atoms. The molecule has 1 saturated heterocycles. The van der Waals surface area contributed by atoms with E-state index in [-0.39, 0.29) is 5.91 Å². The summed E-state index contributed by atoms with van der Waals surface area (Å²) in [6, 6.07) is 9.84. The first kappa shape index (κ1) is 11.2. The Morgan fingerprint density at radius 3 is 2.94 bits per heavy atom. The van der Waals surface area contributed by atoms with Gasteiger partial charge in [0.25, 0.3) is 5.91 Å². The highest BCUT2D eigenvalue weighted by molar-refractivity contribution is 5.98. The number of rotatable bonds is 2. The van der Waals surface area contributed by atoms with E-state index < -0.39 is 0 Å². The molecule has 0 atom stereocenters. The van der Waals surface area contributed by atoms with Gasteiger partial charge in [0, 0.05) is 37.3 Å². The third-order valence-corrected chi connectivity index (χ3v) is 3.48. The lowest BCUT2D eigenvalue weighted by Gasteiger charge is -2.35. The van der Waals surface area contributed by atoms with Gasteiger partial charge in [-0.2, -0.15) is 0 Å². The van der Waals surface area contributed by atoms with Crippen molar-refractivity contribution >= 4 is 16.8 Å². The zero-order valence-electron chi connectivity index (χ0n) is 10.3. The second-order valence-electron chi connectivity index (χ2n) is 4.64.